The van der Waals surface area contributed by atoms with E-state index in [9.17, 15) is 24.6 Å². The van der Waals surface area contributed by atoms with Crippen molar-refractivity contribution in [2.24, 2.45) is 5.92 Å². The maximum atomic E-state index is 14.2. The Morgan fingerprint density at radius 3 is 2.31 bits per heavy atom. The summed E-state index contributed by atoms with van der Waals surface area (Å²) in [4.78, 5) is 43.5. The van der Waals surface area contributed by atoms with Crippen LogP contribution in [0.3, 0.4) is 0 Å². The van der Waals surface area contributed by atoms with Crippen LogP contribution in [0.1, 0.15) is 54.5 Å². The largest absolute Gasteiger partial charge is 0.395 e. The average molecular weight is 647 g/mol. The topological polar surface area (TPSA) is 132 Å². The van der Waals surface area contributed by atoms with E-state index >= 15 is 0 Å². The lowest BCUT2D eigenvalue weighted by molar-refractivity contribution is -0.139. The quantitative estimate of drug-likeness (QED) is 0.176. The molecule has 3 aliphatic rings. The van der Waals surface area contributed by atoms with E-state index in [0.717, 1.165) is 16.8 Å². The van der Waals surface area contributed by atoms with Gasteiger partial charge in [0.25, 0.3) is 5.91 Å². The van der Waals surface area contributed by atoms with Gasteiger partial charge in [-0.1, -0.05) is 66.8 Å². The van der Waals surface area contributed by atoms with Crippen molar-refractivity contribution in [2.75, 3.05) is 34.4 Å². The zero-order valence-corrected chi connectivity index (χ0v) is 26.8. The second-order valence-corrected chi connectivity index (χ2v) is 12.7. The number of amides is 3. The highest BCUT2D eigenvalue weighted by Crippen LogP contribution is 2.47. The molecule has 246 valence electrons. The molecule has 7 rings (SSSR count). The molecule has 3 aliphatic heterocycles. The molecule has 2 fully saturated rings. The number of benzene rings is 3. The summed E-state index contributed by atoms with van der Waals surface area (Å²) >= 11 is 0. The Balaban J connectivity index is 1.10. The molecule has 2 saturated heterocycles. The van der Waals surface area contributed by atoms with Crippen LogP contribution in [0.4, 0.5) is 17.1 Å². The van der Waals surface area contributed by atoms with Crippen molar-refractivity contribution < 1.29 is 24.6 Å². The van der Waals surface area contributed by atoms with E-state index in [1.165, 1.54) is 0 Å². The molecule has 0 bridgehead atoms. The van der Waals surface area contributed by atoms with Crippen LogP contribution in [0.15, 0.2) is 91.1 Å². The second-order valence-electron chi connectivity index (χ2n) is 12.7. The van der Waals surface area contributed by atoms with Crippen molar-refractivity contribution in [1.82, 2.24) is 15.0 Å². The third-order valence-corrected chi connectivity index (χ3v) is 9.73. The average Bonchev–Trinajstić information content (AvgIpc) is 3.63. The molecule has 11 heteroatoms. The molecule has 3 atom stereocenters. The Hall–Kier alpha value is -5.13. The monoisotopic (exact) mass is 646 g/mol. The number of aliphatic hydroxyl groups excluding tert-OH is 1. The molecule has 1 unspecified atom stereocenters. The lowest BCUT2D eigenvalue weighted by Gasteiger charge is -2.32. The summed E-state index contributed by atoms with van der Waals surface area (Å²) < 4.78 is 1.72. The van der Waals surface area contributed by atoms with Crippen LogP contribution in [0.25, 0.3) is 0 Å². The second kappa shape index (κ2) is 12.8. The number of aliphatic hydroxyl groups is 2. The molecule has 4 aromatic rings. The lowest BCUT2D eigenvalue weighted by atomic mass is 9.82. The normalized spacial score (nSPS) is 20.2. The molecule has 11 nitrogen and oxygen atoms in total. The first-order valence-corrected chi connectivity index (χ1v) is 16.4. The van der Waals surface area contributed by atoms with Crippen LogP contribution in [0.2, 0.25) is 0 Å². The third-order valence-electron chi connectivity index (χ3n) is 9.73. The summed E-state index contributed by atoms with van der Waals surface area (Å²) in [6.45, 7) is 3.75. The van der Waals surface area contributed by atoms with Crippen LogP contribution in [-0.2, 0) is 33.1 Å². The number of hydrogen-bond donors (Lipinski definition) is 2. The van der Waals surface area contributed by atoms with E-state index in [0.29, 0.717) is 61.5 Å². The number of carbonyl (C=O) groups excluding carboxylic acids is 3. The molecular formula is C37H38N6O5. The van der Waals surface area contributed by atoms with Crippen molar-refractivity contribution in [1.29, 1.82) is 0 Å². The lowest BCUT2D eigenvalue weighted by Crippen LogP contribution is -2.45. The van der Waals surface area contributed by atoms with Gasteiger partial charge in [-0.3, -0.25) is 19.1 Å². The Morgan fingerprint density at radius 1 is 0.917 bits per heavy atom. The minimum atomic E-state index is -1.86. The van der Waals surface area contributed by atoms with Gasteiger partial charge in [0.2, 0.25) is 11.8 Å². The first kappa shape index (κ1) is 31.5. The van der Waals surface area contributed by atoms with Crippen molar-refractivity contribution in [3.8, 4) is 0 Å². The van der Waals surface area contributed by atoms with Crippen molar-refractivity contribution in [3.05, 3.63) is 114 Å². The van der Waals surface area contributed by atoms with Gasteiger partial charge < -0.3 is 24.9 Å². The number of β-lactam (4-membered cyclic amide) rings is 2. The van der Waals surface area contributed by atoms with E-state index in [-0.39, 0.29) is 30.9 Å². The molecule has 2 N–H and O–H groups in total. The summed E-state index contributed by atoms with van der Waals surface area (Å²) in [5.74, 6) is -1.22. The summed E-state index contributed by atoms with van der Waals surface area (Å²) in [6.07, 6.45) is 7.19. The van der Waals surface area contributed by atoms with Gasteiger partial charge in [-0.25, -0.2) is 0 Å². The van der Waals surface area contributed by atoms with E-state index in [4.69, 9.17) is 0 Å². The number of aromatic nitrogens is 3. The predicted molar refractivity (Wildman–Crippen MR) is 180 cm³/mol. The summed E-state index contributed by atoms with van der Waals surface area (Å²) in [5.41, 5.74) is 3.14. The summed E-state index contributed by atoms with van der Waals surface area (Å²) in [6, 6.07) is 22.7. The molecule has 4 heterocycles. The number of rotatable bonds is 12. The number of anilines is 3. The molecule has 0 radical (unpaired) electrons. The standard InChI is InChI=1S/C37H38N6O5/c1-25(8-5-6-17-40-23-32(38-39-40)30(24-44)27-10-3-2-4-11-27)37(48)31-21-29(42-19-16-35(42)46)13-14-33(31)43(36(37)47)22-26-9-7-12-28(20-26)41-18-15-34(41)45/h2-5,7-14,20-21,23,25,30,44,48H,6,15-19,22,24H2,1H3/b8-5+/t25-,30?,37+/m0/s1. The molecule has 0 aliphatic carbocycles. The van der Waals surface area contributed by atoms with Gasteiger partial charge >= 0.3 is 0 Å². The summed E-state index contributed by atoms with van der Waals surface area (Å²) in [5, 5.41) is 30.8. The molecule has 3 aromatic carbocycles. The highest BCUT2D eigenvalue weighted by Gasteiger charge is 2.53. The predicted octanol–water partition coefficient (Wildman–Crippen LogP) is 3.89. The van der Waals surface area contributed by atoms with Crippen LogP contribution >= 0.6 is 0 Å². The maximum absolute atomic E-state index is 14.2. The van der Waals surface area contributed by atoms with Crippen LogP contribution in [0, 0.1) is 5.92 Å². The molecular weight excluding hydrogens is 608 g/mol. The first-order valence-electron chi connectivity index (χ1n) is 16.4. The van der Waals surface area contributed by atoms with Gasteiger partial charge in [0, 0.05) is 61.5 Å². The molecule has 3 amide bonds. The van der Waals surface area contributed by atoms with Crippen molar-refractivity contribution in [2.45, 2.75) is 50.8 Å². The number of carbonyl (C=O) groups is 3. The van der Waals surface area contributed by atoms with Crippen molar-refractivity contribution in [3.63, 3.8) is 0 Å². The Labute approximate surface area is 278 Å². The SMILES string of the molecule is C[C@@H](/C=C/CCn1cc(C(CO)c2ccccc2)nn1)[C@]1(O)C(=O)N(Cc2cccc(N3CCC3=O)c2)c2ccc(N3CCC3=O)cc21. The van der Waals surface area contributed by atoms with Crippen molar-refractivity contribution >= 4 is 34.8 Å². The Morgan fingerprint density at radius 2 is 1.65 bits per heavy atom. The highest BCUT2D eigenvalue weighted by atomic mass is 16.3. The van der Waals surface area contributed by atoms with E-state index in [1.54, 1.807) is 25.4 Å². The van der Waals surface area contributed by atoms with E-state index in [1.807, 2.05) is 92.0 Å². The zero-order chi connectivity index (χ0) is 33.4. The molecule has 48 heavy (non-hydrogen) atoms. The zero-order valence-electron chi connectivity index (χ0n) is 26.8. The molecule has 1 aromatic heterocycles. The highest BCUT2D eigenvalue weighted by molar-refractivity contribution is 6.08. The minimum absolute atomic E-state index is 0.00955. The van der Waals surface area contributed by atoms with E-state index in [2.05, 4.69) is 10.3 Å². The van der Waals surface area contributed by atoms with E-state index < -0.39 is 17.4 Å². The van der Waals surface area contributed by atoms with Crippen LogP contribution in [0.5, 0.6) is 0 Å². The number of nitrogens with zero attached hydrogens (tertiary/aromatic N) is 6. The fourth-order valence-electron chi connectivity index (χ4n) is 6.73. The van der Waals surface area contributed by atoms with Gasteiger partial charge in [-0.15, -0.1) is 5.10 Å². The van der Waals surface area contributed by atoms with Gasteiger partial charge in [0.1, 0.15) is 0 Å². The van der Waals surface area contributed by atoms with Gasteiger partial charge in [0.15, 0.2) is 5.60 Å². The third kappa shape index (κ3) is 5.58. The van der Waals surface area contributed by atoms with Gasteiger partial charge in [-0.2, -0.15) is 0 Å². The Bertz CT molecular complexity index is 1890. The fourth-order valence-corrected chi connectivity index (χ4v) is 6.73. The number of hydrogen-bond acceptors (Lipinski definition) is 7. The smallest absolute Gasteiger partial charge is 0.264 e. The summed E-state index contributed by atoms with van der Waals surface area (Å²) in [7, 11) is 0. The molecule has 0 spiro atoms. The number of fused-ring (bicyclic) bond motifs is 1. The van der Waals surface area contributed by atoms with Gasteiger partial charge in [0.05, 0.1) is 30.5 Å². The first-order chi connectivity index (χ1) is 23.3. The number of allylic oxidation sites excluding steroid dienone is 1. The minimum Gasteiger partial charge on any atom is -0.395 e. The number of aryl methyl sites for hydroxylation is 1. The maximum Gasteiger partial charge on any atom is 0.264 e. The van der Waals surface area contributed by atoms with Crippen LogP contribution in [-0.4, -0.2) is 62.6 Å². The van der Waals surface area contributed by atoms with Gasteiger partial charge in [-0.05, 0) is 47.9 Å². The fraction of sp³-hybridized carbons (Fsp3) is 0.324. The van der Waals surface area contributed by atoms with Crippen LogP contribution < -0.4 is 14.7 Å². The molecule has 0 saturated carbocycles. The Kier molecular flexibility index (Phi) is 8.40.